The van der Waals surface area contributed by atoms with E-state index in [4.69, 9.17) is 5.11 Å². The normalized spacial score (nSPS) is 12.5. The molecule has 1 aromatic heterocycles. The molecule has 0 aliphatic carbocycles. The molecule has 19 heavy (non-hydrogen) atoms. The van der Waals surface area contributed by atoms with Gasteiger partial charge in [0.15, 0.2) is 5.43 Å². The molecule has 0 aromatic carbocycles. The zero-order chi connectivity index (χ0) is 15.0. The van der Waals surface area contributed by atoms with Crippen molar-refractivity contribution in [2.45, 2.75) is 53.5 Å². The first-order valence-corrected chi connectivity index (χ1v) is 6.41. The van der Waals surface area contributed by atoms with Gasteiger partial charge in [0.2, 0.25) is 0 Å². The van der Waals surface area contributed by atoms with Crippen molar-refractivity contribution in [2.75, 3.05) is 0 Å². The van der Waals surface area contributed by atoms with E-state index in [1.54, 1.807) is 0 Å². The topological polar surface area (TPSA) is 59.3 Å². The van der Waals surface area contributed by atoms with Crippen LogP contribution in [0.15, 0.2) is 17.1 Å². The van der Waals surface area contributed by atoms with E-state index in [1.165, 1.54) is 12.3 Å². The Labute approximate surface area is 114 Å². The van der Waals surface area contributed by atoms with Crippen LogP contribution in [0.3, 0.4) is 0 Å². The molecule has 1 rings (SSSR count). The third-order valence-electron chi connectivity index (χ3n) is 3.09. The fourth-order valence-corrected chi connectivity index (χ4v) is 2.83. The van der Waals surface area contributed by atoms with Crippen LogP contribution in [0.25, 0.3) is 0 Å². The molecule has 1 aromatic rings. The summed E-state index contributed by atoms with van der Waals surface area (Å²) in [6.45, 7) is 12.4. The first-order valence-electron chi connectivity index (χ1n) is 6.41. The Hall–Kier alpha value is -1.58. The highest BCUT2D eigenvalue weighted by Gasteiger charge is 2.28. The molecule has 0 spiro atoms. The van der Waals surface area contributed by atoms with E-state index < -0.39 is 11.4 Å². The molecular weight excluding hydrogens is 242 g/mol. The highest BCUT2D eigenvalue weighted by Crippen LogP contribution is 2.32. The summed E-state index contributed by atoms with van der Waals surface area (Å²) in [5.74, 6) is -1.18. The van der Waals surface area contributed by atoms with Gasteiger partial charge in [-0.25, -0.2) is 4.79 Å². The van der Waals surface area contributed by atoms with Crippen molar-refractivity contribution < 1.29 is 9.90 Å². The molecule has 0 saturated carbocycles. The number of carbonyl (C=O) groups is 1. The first-order chi connectivity index (χ1) is 8.44. The summed E-state index contributed by atoms with van der Waals surface area (Å²) in [5.41, 5.74) is 0.0348. The van der Waals surface area contributed by atoms with E-state index in [0.29, 0.717) is 0 Å². The van der Waals surface area contributed by atoms with Gasteiger partial charge in [0, 0.05) is 23.5 Å². The van der Waals surface area contributed by atoms with Gasteiger partial charge in [0.05, 0.1) is 0 Å². The average molecular weight is 265 g/mol. The summed E-state index contributed by atoms with van der Waals surface area (Å²) in [5, 5.41) is 9.07. The summed E-state index contributed by atoms with van der Waals surface area (Å²) < 4.78 is 1.89. The molecule has 0 amide bonds. The predicted octanol–water partition coefficient (Wildman–Crippen LogP) is 3.03. The molecule has 1 N–H and O–H groups in total. The Morgan fingerprint density at radius 3 is 2.21 bits per heavy atom. The van der Waals surface area contributed by atoms with Gasteiger partial charge in [-0.05, 0) is 32.6 Å². The zero-order valence-corrected chi connectivity index (χ0v) is 12.6. The second-order valence-corrected chi connectivity index (χ2v) is 6.92. The summed E-state index contributed by atoms with van der Waals surface area (Å²) >= 11 is 0. The van der Waals surface area contributed by atoms with Crippen molar-refractivity contribution in [3.63, 3.8) is 0 Å². The van der Waals surface area contributed by atoms with Gasteiger partial charge in [0.25, 0.3) is 0 Å². The van der Waals surface area contributed by atoms with E-state index in [-0.39, 0.29) is 16.5 Å². The minimum absolute atomic E-state index is 0.114. The number of aromatic carboxylic acids is 1. The van der Waals surface area contributed by atoms with Crippen LogP contribution in [0.1, 0.15) is 57.1 Å². The molecule has 0 aliphatic rings. The van der Waals surface area contributed by atoms with Crippen molar-refractivity contribution in [3.05, 3.63) is 33.7 Å². The van der Waals surface area contributed by atoms with Crippen LogP contribution in [-0.4, -0.2) is 15.6 Å². The van der Waals surface area contributed by atoms with Gasteiger partial charge in [-0.3, -0.25) is 4.79 Å². The van der Waals surface area contributed by atoms with Gasteiger partial charge >= 0.3 is 5.97 Å². The van der Waals surface area contributed by atoms with E-state index in [1.807, 2.05) is 11.5 Å². The van der Waals surface area contributed by atoms with Crippen LogP contribution in [0.2, 0.25) is 0 Å². The van der Waals surface area contributed by atoms with Crippen LogP contribution < -0.4 is 5.43 Å². The summed E-state index contributed by atoms with van der Waals surface area (Å²) in [6.07, 6.45) is 2.34. The molecule has 0 radical (unpaired) electrons. The third kappa shape index (κ3) is 3.69. The largest absolute Gasteiger partial charge is 0.477 e. The van der Waals surface area contributed by atoms with Crippen LogP contribution in [0, 0.1) is 12.3 Å². The lowest BCUT2D eigenvalue weighted by atomic mass is 9.81. The second-order valence-electron chi connectivity index (χ2n) is 6.92. The SMILES string of the molecule is Cc1cc(=O)c(C(=O)O)cn1C(C)(C)CC(C)(C)C. The number of aromatic nitrogens is 1. The number of hydrogen-bond acceptors (Lipinski definition) is 2. The van der Waals surface area contributed by atoms with Crippen LogP contribution in [0.4, 0.5) is 0 Å². The fourth-order valence-electron chi connectivity index (χ4n) is 2.83. The summed E-state index contributed by atoms with van der Waals surface area (Å²) in [7, 11) is 0. The molecule has 0 aliphatic heterocycles. The second kappa shape index (κ2) is 4.83. The van der Waals surface area contributed by atoms with E-state index in [2.05, 4.69) is 34.6 Å². The lowest BCUT2D eigenvalue weighted by Crippen LogP contribution is -2.34. The zero-order valence-electron chi connectivity index (χ0n) is 12.6. The average Bonchev–Trinajstić information content (AvgIpc) is 2.11. The standard InChI is InChI=1S/C15H23NO3/c1-10-7-12(17)11(13(18)19)8-16(10)15(5,6)9-14(2,3)4/h7-8H,9H2,1-6H3,(H,18,19). The van der Waals surface area contributed by atoms with E-state index >= 15 is 0 Å². The number of rotatable bonds is 3. The number of carboxylic acid groups (broad SMARTS) is 1. The third-order valence-corrected chi connectivity index (χ3v) is 3.09. The van der Waals surface area contributed by atoms with Crippen molar-refractivity contribution >= 4 is 5.97 Å². The van der Waals surface area contributed by atoms with Crippen molar-refractivity contribution in [1.82, 2.24) is 4.57 Å². The van der Waals surface area contributed by atoms with Gasteiger partial charge in [-0.2, -0.15) is 0 Å². The maximum atomic E-state index is 11.7. The van der Waals surface area contributed by atoms with Crippen LogP contribution in [0.5, 0.6) is 0 Å². The van der Waals surface area contributed by atoms with E-state index in [0.717, 1.165) is 12.1 Å². The molecule has 0 atom stereocenters. The quantitative estimate of drug-likeness (QED) is 0.913. The van der Waals surface area contributed by atoms with Crippen LogP contribution >= 0.6 is 0 Å². The molecule has 1 heterocycles. The van der Waals surface area contributed by atoms with Crippen LogP contribution in [-0.2, 0) is 5.54 Å². The lowest BCUT2D eigenvalue weighted by Gasteiger charge is -2.36. The summed E-state index contributed by atoms with van der Waals surface area (Å²) in [4.78, 5) is 22.7. The molecule has 0 bridgehead atoms. The first kappa shape index (κ1) is 15.5. The minimum atomic E-state index is -1.18. The van der Waals surface area contributed by atoms with E-state index in [9.17, 15) is 9.59 Å². The Kier molecular flexibility index (Phi) is 3.94. The summed E-state index contributed by atoms with van der Waals surface area (Å²) in [6, 6.07) is 1.40. The molecule has 0 saturated heterocycles. The molecule has 4 heteroatoms. The Morgan fingerprint density at radius 1 is 1.26 bits per heavy atom. The lowest BCUT2D eigenvalue weighted by molar-refractivity contribution is 0.0693. The van der Waals surface area contributed by atoms with Gasteiger partial charge in [0.1, 0.15) is 5.56 Å². The van der Waals surface area contributed by atoms with Crippen molar-refractivity contribution in [2.24, 2.45) is 5.41 Å². The van der Waals surface area contributed by atoms with Crippen molar-refractivity contribution in [1.29, 1.82) is 0 Å². The van der Waals surface area contributed by atoms with Gasteiger partial charge < -0.3 is 9.67 Å². The molecule has 106 valence electrons. The number of hydrogen-bond donors (Lipinski definition) is 1. The van der Waals surface area contributed by atoms with Gasteiger partial charge in [-0.1, -0.05) is 20.8 Å². The Morgan fingerprint density at radius 2 is 1.79 bits per heavy atom. The molecule has 4 nitrogen and oxygen atoms in total. The minimum Gasteiger partial charge on any atom is -0.477 e. The number of aryl methyl sites for hydroxylation is 1. The Bertz CT molecular complexity index is 547. The smallest absolute Gasteiger partial charge is 0.341 e. The van der Waals surface area contributed by atoms with Gasteiger partial charge in [-0.15, -0.1) is 0 Å². The highest BCUT2D eigenvalue weighted by molar-refractivity contribution is 5.87. The maximum Gasteiger partial charge on any atom is 0.341 e. The molecular formula is C15H23NO3. The Balaban J connectivity index is 3.38. The molecule has 0 fully saturated rings. The monoisotopic (exact) mass is 265 g/mol. The predicted molar refractivity (Wildman–Crippen MR) is 75.8 cm³/mol. The van der Waals surface area contributed by atoms with Crippen molar-refractivity contribution in [3.8, 4) is 0 Å². The fraction of sp³-hybridized carbons (Fsp3) is 0.600. The maximum absolute atomic E-state index is 11.7. The number of nitrogens with zero attached hydrogens (tertiary/aromatic N) is 1. The highest BCUT2D eigenvalue weighted by atomic mass is 16.4. The number of pyridine rings is 1. The number of carboxylic acids is 1. The molecule has 0 unspecified atom stereocenters.